The van der Waals surface area contributed by atoms with Crippen LogP contribution in [0.1, 0.15) is 46.0 Å². The van der Waals surface area contributed by atoms with Gasteiger partial charge in [-0.15, -0.1) is 0 Å². The van der Waals surface area contributed by atoms with Crippen molar-refractivity contribution in [1.82, 2.24) is 4.90 Å². The Bertz CT molecular complexity index is 563. The summed E-state index contributed by atoms with van der Waals surface area (Å²) in [6.45, 7) is 4.61. The van der Waals surface area contributed by atoms with Gasteiger partial charge in [0.1, 0.15) is 5.70 Å². The Labute approximate surface area is 130 Å². The fourth-order valence-corrected chi connectivity index (χ4v) is 4.03. The third kappa shape index (κ3) is 2.10. The van der Waals surface area contributed by atoms with Gasteiger partial charge in [-0.2, -0.15) is 0 Å². The van der Waals surface area contributed by atoms with Gasteiger partial charge in [-0.05, 0) is 38.2 Å². The number of fused-ring (bicyclic) bond motifs is 3. The van der Waals surface area contributed by atoms with Gasteiger partial charge in [0, 0.05) is 18.1 Å². The van der Waals surface area contributed by atoms with Crippen LogP contribution in [0.15, 0.2) is 22.9 Å². The number of nitrogens with zero attached hydrogens (tertiary/aromatic N) is 1. The lowest BCUT2D eigenvalue weighted by atomic mass is 9.75. The smallest absolute Gasteiger partial charge is 0.352 e. The number of β-lactam (4-membered cyclic amide) rings is 1. The number of amides is 1. The summed E-state index contributed by atoms with van der Waals surface area (Å²) in [6.07, 6.45) is 6.52. The average Bonchev–Trinajstić information content (AvgIpc) is 2.80. The quantitative estimate of drug-likeness (QED) is 0.481. The molecule has 0 spiro atoms. The molecule has 1 N–H and O–H groups in total. The summed E-state index contributed by atoms with van der Waals surface area (Å²) in [5.74, 6) is -1.04. The second-order valence-electron chi connectivity index (χ2n) is 6.22. The summed E-state index contributed by atoms with van der Waals surface area (Å²) in [5, 5.41) is 9.61. The molecule has 0 radical (unpaired) electrons. The van der Waals surface area contributed by atoms with Gasteiger partial charge in [0.25, 0.3) is 5.91 Å². The lowest BCUT2D eigenvalue weighted by Crippen LogP contribution is -2.54. The number of allylic oxidation sites excluding steroid dienone is 1. The van der Waals surface area contributed by atoms with E-state index in [0.29, 0.717) is 6.61 Å². The summed E-state index contributed by atoms with van der Waals surface area (Å²) in [5.41, 5.74) is 1.80. The molecule has 1 aliphatic carbocycles. The van der Waals surface area contributed by atoms with Crippen molar-refractivity contribution in [3.8, 4) is 0 Å². The monoisotopic (exact) mass is 305 g/mol. The first kappa shape index (κ1) is 15.3. The number of carbonyl (C=O) groups is 2. The molecule has 0 unspecified atom stereocenters. The van der Waals surface area contributed by atoms with Gasteiger partial charge in [-0.1, -0.05) is 19.4 Å². The van der Waals surface area contributed by atoms with Crippen LogP contribution in [-0.2, 0) is 14.3 Å². The van der Waals surface area contributed by atoms with Crippen LogP contribution >= 0.6 is 0 Å². The Hall–Kier alpha value is -1.62. The zero-order chi connectivity index (χ0) is 15.9. The van der Waals surface area contributed by atoms with E-state index in [9.17, 15) is 14.7 Å². The molecule has 1 saturated heterocycles. The molecule has 2 heterocycles. The van der Waals surface area contributed by atoms with Crippen molar-refractivity contribution in [3.63, 3.8) is 0 Å². The van der Waals surface area contributed by atoms with E-state index in [1.807, 2.05) is 13.0 Å². The second kappa shape index (κ2) is 5.88. The molecule has 0 bridgehead atoms. The molecule has 1 amide bonds. The Morgan fingerprint density at radius 1 is 1.45 bits per heavy atom. The van der Waals surface area contributed by atoms with E-state index in [2.05, 4.69) is 6.92 Å². The van der Waals surface area contributed by atoms with Gasteiger partial charge in [0.2, 0.25) is 0 Å². The maximum absolute atomic E-state index is 12.2. The first-order valence-electron chi connectivity index (χ1n) is 8.20. The molecule has 0 aromatic carbocycles. The van der Waals surface area contributed by atoms with Crippen LogP contribution in [0.4, 0.5) is 0 Å². The maximum atomic E-state index is 12.2. The highest BCUT2D eigenvalue weighted by molar-refractivity contribution is 6.09. The number of carboxylic acid groups (broad SMARTS) is 1. The Morgan fingerprint density at radius 2 is 2.23 bits per heavy atom. The van der Waals surface area contributed by atoms with Gasteiger partial charge in [-0.3, -0.25) is 9.69 Å². The van der Waals surface area contributed by atoms with E-state index in [1.54, 1.807) is 0 Å². The second-order valence-corrected chi connectivity index (χ2v) is 6.22. The highest BCUT2D eigenvalue weighted by atomic mass is 16.5. The summed E-state index contributed by atoms with van der Waals surface area (Å²) in [6, 6.07) is -0.0730. The van der Waals surface area contributed by atoms with Crippen LogP contribution in [0.3, 0.4) is 0 Å². The number of carbonyl (C=O) groups excluding carboxylic acids is 1. The highest BCUT2D eigenvalue weighted by Crippen LogP contribution is 2.51. The average molecular weight is 305 g/mol. The van der Waals surface area contributed by atoms with Crippen LogP contribution in [-0.4, -0.2) is 40.6 Å². The third-order valence-electron chi connectivity index (χ3n) is 5.02. The lowest BCUT2D eigenvalue weighted by molar-refractivity contribution is -0.142. The molecule has 120 valence electrons. The molecule has 22 heavy (non-hydrogen) atoms. The summed E-state index contributed by atoms with van der Waals surface area (Å²) >= 11 is 0. The minimum Gasteiger partial charge on any atom is -0.477 e. The zero-order valence-corrected chi connectivity index (χ0v) is 13.2. The van der Waals surface area contributed by atoms with E-state index in [-0.39, 0.29) is 29.7 Å². The maximum Gasteiger partial charge on any atom is 0.352 e. The molecule has 5 nitrogen and oxygen atoms in total. The predicted molar refractivity (Wildman–Crippen MR) is 81.0 cm³/mol. The van der Waals surface area contributed by atoms with Crippen LogP contribution < -0.4 is 0 Å². The number of ether oxygens (including phenoxy) is 1. The van der Waals surface area contributed by atoms with Gasteiger partial charge >= 0.3 is 5.97 Å². The van der Waals surface area contributed by atoms with E-state index >= 15 is 0 Å². The van der Waals surface area contributed by atoms with Crippen molar-refractivity contribution in [2.24, 2.45) is 5.92 Å². The number of unbranched alkanes of at least 4 members (excludes halogenated alkanes) is 1. The SMILES string of the molecule is C/C=C1/C(=O)N2C(C(=O)O)=C3[C@@H](CCC[C@H]3OCCCC)[C@H]12. The lowest BCUT2D eigenvalue weighted by Gasteiger charge is -2.42. The number of hydrogen-bond donors (Lipinski definition) is 1. The van der Waals surface area contributed by atoms with Crippen molar-refractivity contribution >= 4 is 11.9 Å². The van der Waals surface area contributed by atoms with Crippen molar-refractivity contribution < 1.29 is 19.4 Å². The van der Waals surface area contributed by atoms with Crippen molar-refractivity contribution in [1.29, 1.82) is 0 Å². The van der Waals surface area contributed by atoms with Crippen molar-refractivity contribution in [2.45, 2.75) is 58.1 Å². The highest BCUT2D eigenvalue weighted by Gasteiger charge is 2.58. The van der Waals surface area contributed by atoms with Gasteiger partial charge < -0.3 is 9.84 Å². The molecule has 2 fully saturated rings. The molecular formula is C17H23NO4. The van der Waals surface area contributed by atoms with Crippen molar-refractivity contribution in [2.75, 3.05) is 6.61 Å². The van der Waals surface area contributed by atoms with E-state index in [1.165, 1.54) is 4.90 Å². The van der Waals surface area contributed by atoms with Crippen LogP contribution in [0, 0.1) is 5.92 Å². The van der Waals surface area contributed by atoms with E-state index in [4.69, 9.17) is 4.74 Å². The van der Waals surface area contributed by atoms with E-state index in [0.717, 1.165) is 43.3 Å². The largest absolute Gasteiger partial charge is 0.477 e. The van der Waals surface area contributed by atoms with E-state index < -0.39 is 5.97 Å². The molecule has 0 aromatic rings. The third-order valence-corrected chi connectivity index (χ3v) is 5.02. The molecule has 3 aliphatic rings. The fourth-order valence-electron chi connectivity index (χ4n) is 4.03. The molecule has 1 saturated carbocycles. The van der Waals surface area contributed by atoms with Gasteiger partial charge in [-0.25, -0.2) is 4.79 Å². The Morgan fingerprint density at radius 3 is 2.86 bits per heavy atom. The molecule has 3 atom stereocenters. The fraction of sp³-hybridized carbons (Fsp3) is 0.647. The zero-order valence-electron chi connectivity index (χ0n) is 13.2. The number of carboxylic acids is 1. The summed E-state index contributed by atoms with van der Waals surface area (Å²) < 4.78 is 5.97. The molecule has 5 heteroatoms. The van der Waals surface area contributed by atoms with Crippen molar-refractivity contribution in [3.05, 3.63) is 22.9 Å². The molecule has 2 aliphatic heterocycles. The molecule has 0 aromatic heterocycles. The Kier molecular flexibility index (Phi) is 4.08. The minimum absolute atomic E-state index is 0.0730. The van der Waals surface area contributed by atoms with Crippen LogP contribution in [0.2, 0.25) is 0 Å². The first-order chi connectivity index (χ1) is 10.6. The number of aliphatic carboxylic acids is 1. The van der Waals surface area contributed by atoms with Crippen LogP contribution in [0.25, 0.3) is 0 Å². The normalized spacial score (nSPS) is 32.1. The summed E-state index contributed by atoms with van der Waals surface area (Å²) in [7, 11) is 0. The molecule has 3 rings (SSSR count). The summed E-state index contributed by atoms with van der Waals surface area (Å²) in [4.78, 5) is 25.4. The number of rotatable bonds is 5. The number of hydrogen-bond acceptors (Lipinski definition) is 3. The van der Waals surface area contributed by atoms with Gasteiger partial charge in [0.05, 0.1) is 12.1 Å². The first-order valence-corrected chi connectivity index (χ1v) is 8.20. The van der Waals surface area contributed by atoms with Gasteiger partial charge in [0.15, 0.2) is 0 Å². The predicted octanol–water partition coefficient (Wildman–Crippen LogP) is 2.48. The topological polar surface area (TPSA) is 66.8 Å². The van der Waals surface area contributed by atoms with Crippen LogP contribution in [0.5, 0.6) is 0 Å². The molecular weight excluding hydrogens is 282 g/mol. The Balaban J connectivity index is 1.93. The standard InChI is InChI=1S/C17H23NO4/c1-3-5-9-22-12-8-6-7-11-13(12)15(17(20)21)18-14(11)10(4-2)16(18)19/h4,11-12,14H,3,5-9H2,1-2H3,(H,20,21)/b10-4+/t11-,12-,14+/m1/s1. The minimum atomic E-state index is -1.00.